The normalized spacial score (nSPS) is 20.1. The van der Waals surface area contributed by atoms with Crippen molar-refractivity contribution in [2.24, 2.45) is 5.92 Å². The Morgan fingerprint density at radius 3 is 2.56 bits per heavy atom. The summed E-state index contributed by atoms with van der Waals surface area (Å²) in [5.41, 5.74) is 1.47. The Balaban J connectivity index is 1.48. The van der Waals surface area contributed by atoms with Crippen LogP contribution in [0.1, 0.15) is 32.6 Å². The highest BCUT2D eigenvalue weighted by Gasteiger charge is 2.46. The van der Waals surface area contributed by atoms with Gasteiger partial charge in [-0.05, 0) is 69.8 Å². The molecule has 1 aromatic rings. The minimum atomic E-state index is -0.976. The molecular weight excluding hydrogens is 516 g/mol. The molecule has 0 aliphatic carbocycles. The number of carbonyl (C=O) groups excluding carboxylic acids is 3. The Hall–Kier alpha value is -3.30. The monoisotopic (exact) mass is 556 g/mol. The third kappa shape index (κ3) is 8.60. The molecular formula is C27H40N8O3S. The van der Waals surface area contributed by atoms with Crippen LogP contribution < -0.4 is 16.0 Å². The average Bonchev–Trinajstić information content (AvgIpc) is 3.26. The van der Waals surface area contributed by atoms with Gasteiger partial charge in [0.25, 0.3) is 0 Å². The van der Waals surface area contributed by atoms with E-state index in [0.717, 1.165) is 25.3 Å². The number of nitrogens with one attached hydrogen (secondary N) is 4. The van der Waals surface area contributed by atoms with Gasteiger partial charge < -0.3 is 36.1 Å². The van der Waals surface area contributed by atoms with E-state index in [2.05, 4.69) is 26.9 Å². The zero-order valence-corrected chi connectivity index (χ0v) is 23.6. The number of amides is 4. The van der Waals surface area contributed by atoms with Crippen LogP contribution in [0.3, 0.4) is 0 Å². The molecule has 1 aromatic carbocycles. The molecule has 39 heavy (non-hydrogen) atoms. The Morgan fingerprint density at radius 1 is 1.23 bits per heavy atom. The molecule has 12 heteroatoms. The Labute approximate surface area is 235 Å². The molecule has 2 saturated heterocycles. The van der Waals surface area contributed by atoms with E-state index >= 15 is 0 Å². The molecule has 2 heterocycles. The first-order chi connectivity index (χ1) is 18.9. The van der Waals surface area contributed by atoms with Gasteiger partial charge in [-0.25, -0.2) is 4.79 Å². The Morgan fingerprint density at radius 2 is 1.92 bits per heavy atom. The molecule has 3 rings (SSSR count). The first kappa shape index (κ1) is 30.2. The molecule has 2 aliphatic rings. The maximum Gasteiger partial charge on any atom is 0.319 e. The van der Waals surface area contributed by atoms with Crippen molar-refractivity contribution in [2.75, 3.05) is 63.5 Å². The molecule has 0 aromatic heterocycles. The van der Waals surface area contributed by atoms with E-state index in [4.69, 9.17) is 5.41 Å². The zero-order valence-electron chi connectivity index (χ0n) is 22.8. The summed E-state index contributed by atoms with van der Waals surface area (Å²) in [6.45, 7) is 6.60. The highest BCUT2D eigenvalue weighted by atomic mass is 32.2. The number of benzene rings is 1. The van der Waals surface area contributed by atoms with Crippen molar-refractivity contribution in [1.29, 1.82) is 10.7 Å². The average molecular weight is 557 g/mol. The first-order valence-electron chi connectivity index (χ1n) is 13.6. The van der Waals surface area contributed by atoms with Gasteiger partial charge in [0.15, 0.2) is 5.92 Å². The third-order valence-electron chi connectivity index (χ3n) is 6.98. The van der Waals surface area contributed by atoms with Crippen LogP contribution in [-0.2, 0) is 9.59 Å². The number of nitrogens with zero attached hydrogens (tertiary/aromatic N) is 4. The highest BCUT2D eigenvalue weighted by Crippen LogP contribution is 2.36. The van der Waals surface area contributed by atoms with Crippen LogP contribution in [0, 0.1) is 22.7 Å². The summed E-state index contributed by atoms with van der Waals surface area (Å²) < 4.78 is 0. The highest BCUT2D eigenvalue weighted by molar-refractivity contribution is 8.01. The number of anilines is 2. The minimum absolute atomic E-state index is 0.102. The topological polar surface area (TPSA) is 145 Å². The van der Waals surface area contributed by atoms with E-state index in [1.54, 1.807) is 24.1 Å². The molecule has 3 atom stereocenters. The van der Waals surface area contributed by atoms with Gasteiger partial charge in [-0.1, -0.05) is 6.42 Å². The number of carbonyl (C=O) groups is 3. The van der Waals surface area contributed by atoms with Crippen molar-refractivity contribution < 1.29 is 14.4 Å². The molecule has 0 radical (unpaired) electrons. The molecule has 0 saturated carbocycles. The van der Waals surface area contributed by atoms with Crippen LogP contribution in [-0.4, -0.2) is 102 Å². The van der Waals surface area contributed by atoms with Gasteiger partial charge in [-0.2, -0.15) is 5.26 Å². The maximum absolute atomic E-state index is 13.1. The Bertz CT molecular complexity index is 1020. The van der Waals surface area contributed by atoms with Crippen LogP contribution in [0.2, 0.25) is 0 Å². The number of likely N-dealkylation sites (tertiary alicyclic amines) is 1. The van der Waals surface area contributed by atoms with Crippen molar-refractivity contribution in [2.45, 2.75) is 43.2 Å². The Kier molecular flexibility index (Phi) is 11.9. The fourth-order valence-electron chi connectivity index (χ4n) is 4.75. The number of hydrogen-bond donors (Lipinski definition) is 4. The maximum atomic E-state index is 13.1. The second kappa shape index (κ2) is 15.3. The van der Waals surface area contributed by atoms with E-state index in [1.807, 2.05) is 19.1 Å². The van der Waals surface area contributed by atoms with E-state index in [0.29, 0.717) is 38.3 Å². The van der Waals surface area contributed by atoms with Crippen molar-refractivity contribution in [1.82, 2.24) is 20.0 Å². The lowest BCUT2D eigenvalue weighted by Gasteiger charge is -2.28. The minimum Gasteiger partial charge on any atom is -0.383 e. The third-order valence-corrected chi connectivity index (χ3v) is 8.48. The molecule has 2 aliphatic heterocycles. The lowest BCUT2D eigenvalue weighted by Crippen LogP contribution is -2.44. The molecule has 0 spiro atoms. The van der Waals surface area contributed by atoms with Crippen LogP contribution in [0.15, 0.2) is 24.3 Å². The quantitative estimate of drug-likeness (QED) is 0.273. The smallest absolute Gasteiger partial charge is 0.319 e. The first-order valence-corrected chi connectivity index (χ1v) is 14.5. The predicted molar refractivity (Wildman–Crippen MR) is 155 cm³/mol. The molecule has 4 N–H and O–H groups in total. The van der Waals surface area contributed by atoms with Crippen molar-refractivity contribution in [3.8, 4) is 6.07 Å². The molecule has 212 valence electrons. The summed E-state index contributed by atoms with van der Waals surface area (Å²) in [4.78, 5) is 43.6. The predicted octanol–water partition coefficient (Wildman–Crippen LogP) is 2.63. The fourth-order valence-corrected chi connectivity index (χ4v) is 6.26. The van der Waals surface area contributed by atoms with Crippen LogP contribution in [0.4, 0.5) is 16.2 Å². The summed E-state index contributed by atoms with van der Waals surface area (Å²) in [6, 6.07) is 9.13. The number of nitriles is 1. The standard InChI is InChI=1S/C27H40N8O3S/c1-3-35-25(37)23(39-26(35)22(18-29)24(36)33(2)14-7-12-28)19-31-20-8-10-21(11-9-20)32-27(38)30-13-17-34-15-5-4-6-16-34/h8-12,22-23,26,28,31H,3-7,13-17,19H2,1-2H3,(H2,30,32,38). The van der Waals surface area contributed by atoms with Crippen molar-refractivity contribution >= 4 is 47.2 Å². The summed E-state index contributed by atoms with van der Waals surface area (Å²) in [5, 5.41) is 25.0. The largest absolute Gasteiger partial charge is 0.383 e. The summed E-state index contributed by atoms with van der Waals surface area (Å²) in [5.74, 6) is -1.42. The summed E-state index contributed by atoms with van der Waals surface area (Å²) >= 11 is 1.33. The molecule has 11 nitrogen and oxygen atoms in total. The van der Waals surface area contributed by atoms with Crippen LogP contribution >= 0.6 is 11.8 Å². The summed E-state index contributed by atoms with van der Waals surface area (Å²) in [7, 11) is 1.62. The van der Waals surface area contributed by atoms with Gasteiger partial charge >= 0.3 is 6.03 Å². The molecule has 2 fully saturated rings. The van der Waals surface area contributed by atoms with Gasteiger partial charge in [0.05, 0.1) is 6.07 Å². The van der Waals surface area contributed by atoms with Crippen LogP contribution in [0.25, 0.3) is 0 Å². The van der Waals surface area contributed by atoms with E-state index < -0.39 is 16.5 Å². The molecule has 4 amide bonds. The van der Waals surface area contributed by atoms with Gasteiger partial charge in [-0.3, -0.25) is 9.59 Å². The molecule has 0 bridgehead atoms. The number of urea groups is 1. The second-order valence-corrected chi connectivity index (χ2v) is 11.1. The van der Waals surface area contributed by atoms with E-state index in [-0.39, 0.29) is 17.8 Å². The van der Waals surface area contributed by atoms with Crippen LogP contribution in [0.5, 0.6) is 0 Å². The van der Waals surface area contributed by atoms with E-state index in [1.165, 1.54) is 42.1 Å². The van der Waals surface area contributed by atoms with Gasteiger partial charge in [0.2, 0.25) is 11.8 Å². The second-order valence-electron chi connectivity index (χ2n) is 9.74. The lowest BCUT2D eigenvalue weighted by molar-refractivity contribution is -0.135. The summed E-state index contributed by atoms with van der Waals surface area (Å²) in [6.07, 6.45) is 5.38. The number of piperidine rings is 1. The van der Waals surface area contributed by atoms with Gasteiger partial charge in [0.1, 0.15) is 10.6 Å². The number of hydrogen-bond acceptors (Lipinski definition) is 8. The van der Waals surface area contributed by atoms with Crippen molar-refractivity contribution in [3.05, 3.63) is 24.3 Å². The van der Waals surface area contributed by atoms with Crippen molar-refractivity contribution in [3.63, 3.8) is 0 Å². The fraction of sp³-hybridized carbons (Fsp3) is 0.593. The number of rotatable bonds is 13. The van der Waals surface area contributed by atoms with Gasteiger partial charge in [0, 0.05) is 51.1 Å². The lowest BCUT2D eigenvalue weighted by atomic mass is 10.1. The SMILES string of the molecule is CCN1C(=O)C(CNc2ccc(NC(=O)NCCN3CCCCC3)cc2)SC1C(C#N)C(=O)N(C)CCC=N. The van der Waals surface area contributed by atoms with E-state index in [9.17, 15) is 19.6 Å². The molecule has 3 unspecified atom stereocenters. The zero-order chi connectivity index (χ0) is 28.2. The number of thioether (sulfide) groups is 1. The van der Waals surface area contributed by atoms with Gasteiger partial charge in [-0.15, -0.1) is 11.8 Å².